The molecule has 31 heavy (non-hydrogen) atoms. The van der Waals surface area contributed by atoms with Crippen molar-refractivity contribution in [2.24, 2.45) is 0 Å². The van der Waals surface area contributed by atoms with Crippen LogP contribution in [0.3, 0.4) is 0 Å². The van der Waals surface area contributed by atoms with E-state index in [1.165, 1.54) is 18.4 Å². The lowest BCUT2D eigenvalue weighted by Gasteiger charge is -2.24. The van der Waals surface area contributed by atoms with E-state index in [1.807, 2.05) is 63.6 Å². The van der Waals surface area contributed by atoms with Gasteiger partial charge in [-0.25, -0.2) is 9.78 Å². The van der Waals surface area contributed by atoms with Gasteiger partial charge in [0.25, 0.3) is 5.91 Å². The molecule has 3 aromatic rings. The number of thiophene rings is 1. The molecule has 2 heterocycles. The van der Waals surface area contributed by atoms with Crippen LogP contribution in [0.25, 0.3) is 10.9 Å². The van der Waals surface area contributed by atoms with Crippen molar-refractivity contribution in [1.29, 1.82) is 0 Å². The van der Waals surface area contributed by atoms with E-state index in [1.54, 1.807) is 13.0 Å². The normalized spacial score (nSPS) is 10.8. The summed E-state index contributed by atoms with van der Waals surface area (Å²) < 4.78 is 10.5. The van der Waals surface area contributed by atoms with Gasteiger partial charge >= 0.3 is 5.97 Å². The zero-order chi connectivity index (χ0) is 23.2. The Hall–Kier alpha value is -2.93. The number of fused-ring (bicyclic) bond motifs is 1. The van der Waals surface area contributed by atoms with Crippen LogP contribution in [0.2, 0.25) is 0 Å². The summed E-state index contributed by atoms with van der Waals surface area (Å²) in [6, 6.07) is 7.28. The van der Waals surface area contributed by atoms with E-state index in [9.17, 15) is 9.59 Å². The van der Waals surface area contributed by atoms with Gasteiger partial charge < -0.3 is 14.8 Å². The van der Waals surface area contributed by atoms with Crippen molar-refractivity contribution in [2.45, 2.75) is 47.0 Å². The number of esters is 1. The molecule has 0 aliphatic rings. The van der Waals surface area contributed by atoms with Gasteiger partial charge in [0.05, 0.1) is 30.5 Å². The number of amides is 1. The zero-order valence-corrected chi connectivity index (χ0v) is 20.0. The molecule has 2 aromatic heterocycles. The Kier molecular flexibility index (Phi) is 8.16. The largest absolute Gasteiger partial charge is 0.480 e. The van der Waals surface area contributed by atoms with Crippen molar-refractivity contribution >= 4 is 39.8 Å². The van der Waals surface area contributed by atoms with Gasteiger partial charge in [0, 0.05) is 10.8 Å². The summed E-state index contributed by atoms with van der Waals surface area (Å²) in [6.45, 7) is 12.1. The first-order valence-electron chi connectivity index (χ1n) is 10.3. The highest BCUT2D eigenvalue weighted by atomic mass is 32.1. The van der Waals surface area contributed by atoms with E-state index in [-0.39, 0.29) is 29.4 Å². The third kappa shape index (κ3) is 5.41. The molecule has 0 spiro atoms. The van der Waals surface area contributed by atoms with Crippen LogP contribution in [0, 0.1) is 0 Å². The monoisotopic (exact) mass is 442 g/mol. The smallest absolute Gasteiger partial charge is 0.343 e. The van der Waals surface area contributed by atoms with Gasteiger partial charge in [-0.15, -0.1) is 0 Å². The number of carbonyl (C=O) groups is 2. The molecule has 7 heteroatoms. The summed E-state index contributed by atoms with van der Waals surface area (Å²) in [7, 11) is 1.44. The van der Waals surface area contributed by atoms with E-state index >= 15 is 0 Å². The number of pyridine rings is 1. The summed E-state index contributed by atoms with van der Waals surface area (Å²) in [6.07, 6.45) is 0. The van der Waals surface area contributed by atoms with Gasteiger partial charge in [-0.3, -0.25) is 4.79 Å². The number of nitrogens with one attached hydrogen (secondary N) is 1. The Morgan fingerprint density at radius 3 is 2.42 bits per heavy atom. The molecule has 0 aliphatic carbocycles. The molecule has 1 N–H and O–H groups in total. The van der Waals surface area contributed by atoms with Crippen LogP contribution in [0.1, 0.15) is 67.8 Å². The predicted octanol–water partition coefficient (Wildman–Crippen LogP) is 6.06. The maximum atomic E-state index is 13.2. The number of rotatable bonds is 5. The fourth-order valence-corrected chi connectivity index (χ4v) is 3.71. The molecule has 0 radical (unpaired) electrons. The highest BCUT2D eigenvalue weighted by Gasteiger charge is 2.27. The fourth-order valence-electron chi connectivity index (χ4n) is 3.12. The summed E-state index contributed by atoms with van der Waals surface area (Å²) in [5.41, 5.74) is 2.48. The first kappa shape index (κ1) is 24.3. The Morgan fingerprint density at radius 1 is 1.16 bits per heavy atom. The molecule has 0 saturated heterocycles. The van der Waals surface area contributed by atoms with Crippen molar-refractivity contribution in [3.05, 3.63) is 51.7 Å². The molecular weight excluding hydrogens is 412 g/mol. The maximum Gasteiger partial charge on any atom is 0.343 e. The Bertz CT molecular complexity index is 1050. The Balaban J connectivity index is 0.00000166. The van der Waals surface area contributed by atoms with Crippen molar-refractivity contribution < 1.29 is 19.1 Å². The summed E-state index contributed by atoms with van der Waals surface area (Å²) in [5, 5.41) is 7.37. The minimum absolute atomic E-state index is 0.131. The van der Waals surface area contributed by atoms with Crippen molar-refractivity contribution in [3.8, 4) is 5.88 Å². The summed E-state index contributed by atoms with van der Waals surface area (Å²) in [4.78, 5) is 30.1. The van der Waals surface area contributed by atoms with Crippen LogP contribution in [0.15, 0.2) is 35.0 Å². The summed E-state index contributed by atoms with van der Waals surface area (Å²) >= 11 is 1.50. The number of methoxy groups -OCH3 is 1. The number of carbonyl (C=O) groups excluding carboxylic acids is 2. The summed E-state index contributed by atoms with van der Waals surface area (Å²) in [5.74, 6) is -0.633. The molecule has 1 amide bonds. The molecule has 6 nitrogen and oxygen atoms in total. The fraction of sp³-hybridized carbons (Fsp3) is 0.375. The topological polar surface area (TPSA) is 77.5 Å². The molecule has 166 valence electrons. The number of benzene rings is 1. The van der Waals surface area contributed by atoms with Gasteiger partial charge in [0.2, 0.25) is 5.88 Å². The van der Waals surface area contributed by atoms with E-state index in [4.69, 9.17) is 9.47 Å². The highest BCUT2D eigenvalue weighted by Crippen LogP contribution is 2.33. The quantitative estimate of drug-likeness (QED) is 0.486. The molecule has 0 aliphatic heterocycles. The number of hydrogen-bond donors (Lipinski definition) is 1. The average molecular weight is 443 g/mol. The van der Waals surface area contributed by atoms with Gasteiger partial charge in [-0.2, -0.15) is 11.3 Å². The van der Waals surface area contributed by atoms with Crippen LogP contribution < -0.4 is 10.1 Å². The lowest BCUT2D eigenvalue weighted by molar-refractivity contribution is 0.0522. The van der Waals surface area contributed by atoms with Gasteiger partial charge in [0.1, 0.15) is 5.56 Å². The Morgan fingerprint density at radius 2 is 1.87 bits per heavy atom. The molecule has 0 saturated carbocycles. The third-order valence-electron chi connectivity index (χ3n) is 4.46. The zero-order valence-electron chi connectivity index (χ0n) is 19.2. The van der Waals surface area contributed by atoms with Gasteiger partial charge in [0.15, 0.2) is 0 Å². The van der Waals surface area contributed by atoms with Crippen molar-refractivity contribution in [3.63, 3.8) is 0 Å². The van der Waals surface area contributed by atoms with Gasteiger partial charge in [-0.05, 0) is 35.4 Å². The highest BCUT2D eigenvalue weighted by molar-refractivity contribution is 7.08. The molecule has 3 rings (SSSR count). The minimum atomic E-state index is -0.511. The first-order chi connectivity index (χ1) is 14.8. The number of aromatic nitrogens is 1. The SMILES string of the molecule is CC.CCOC(=O)c1cc2ccc(C(C)(C)C)c(C(=O)Nc3ccsc3)c2nc1OC. The third-order valence-corrected chi connectivity index (χ3v) is 5.14. The van der Waals surface area contributed by atoms with Crippen LogP contribution in [-0.4, -0.2) is 30.6 Å². The first-order valence-corrected chi connectivity index (χ1v) is 11.2. The van der Waals surface area contributed by atoms with Crippen molar-refractivity contribution in [2.75, 3.05) is 19.0 Å². The van der Waals surface area contributed by atoms with Crippen molar-refractivity contribution in [1.82, 2.24) is 4.98 Å². The second kappa shape index (κ2) is 10.4. The number of hydrogen-bond acceptors (Lipinski definition) is 6. The van der Waals surface area contributed by atoms with Gasteiger partial charge in [-0.1, -0.05) is 46.8 Å². The number of ether oxygens (including phenoxy) is 2. The molecule has 0 unspecified atom stereocenters. The van der Waals surface area contributed by atoms with Crippen LogP contribution in [0.5, 0.6) is 5.88 Å². The molecule has 1 aromatic carbocycles. The van der Waals surface area contributed by atoms with E-state index in [2.05, 4.69) is 10.3 Å². The molecule has 0 atom stereocenters. The van der Waals surface area contributed by atoms with Crippen LogP contribution in [-0.2, 0) is 10.2 Å². The second-order valence-electron chi connectivity index (χ2n) is 7.54. The lowest BCUT2D eigenvalue weighted by Crippen LogP contribution is -2.22. The van der Waals surface area contributed by atoms with Crippen LogP contribution >= 0.6 is 11.3 Å². The lowest BCUT2D eigenvalue weighted by atomic mass is 9.82. The van der Waals surface area contributed by atoms with E-state index in [0.717, 1.165) is 11.3 Å². The molecule has 0 bridgehead atoms. The average Bonchev–Trinajstić information content (AvgIpc) is 3.25. The Labute approximate surface area is 187 Å². The minimum Gasteiger partial charge on any atom is -0.480 e. The van der Waals surface area contributed by atoms with E-state index in [0.29, 0.717) is 16.5 Å². The maximum absolute atomic E-state index is 13.2. The van der Waals surface area contributed by atoms with Crippen LogP contribution in [0.4, 0.5) is 5.69 Å². The molecule has 0 fully saturated rings. The van der Waals surface area contributed by atoms with E-state index < -0.39 is 5.97 Å². The number of nitrogens with zero attached hydrogens (tertiary/aromatic N) is 1. The standard InChI is InChI=1S/C22H24N2O4S.C2H6/c1-6-28-21(26)15-11-13-7-8-16(22(2,3)4)17(18(13)24-20(15)27-5)19(25)23-14-9-10-29-12-14;1-2/h7-12H,6H2,1-5H3,(H,23,25);1-2H3. The molecular formula is C24H30N2O4S. The second-order valence-corrected chi connectivity index (χ2v) is 8.32. The number of anilines is 1. The predicted molar refractivity (Wildman–Crippen MR) is 127 cm³/mol.